The smallest absolute Gasteiger partial charge is 0.253 e. The van der Waals surface area contributed by atoms with Crippen LogP contribution < -0.4 is 0 Å². The molecule has 0 unspecified atom stereocenters. The van der Waals surface area contributed by atoms with E-state index in [0.717, 1.165) is 24.1 Å². The summed E-state index contributed by atoms with van der Waals surface area (Å²) in [5, 5.41) is 10.6. The van der Waals surface area contributed by atoms with Gasteiger partial charge in [0.1, 0.15) is 0 Å². The Hall–Kier alpha value is -2.85. The number of hydrogen-bond acceptors (Lipinski definition) is 2. The summed E-state index contributed by atoms with van der Waals surface area (Å²) in [5.41, 5.74) is 2.72. The van der Waals surface area contributed by atoms with E-state index in [1.807, 2.05) is 88.6 Å². The molecule has 1 saturated heterocycles. The van der Waals surface area contributed by atoms with E-state index in [1.54, 1.807) is 0 Å². The van der Waals surface area contributed by atoms with Gasteiger partial charge in [0.2, 0.25) is 0 Å². The monoisotopic (exact) mass is 360 g/mol. The molecule has 1 fully saturated rings. The van der Waals surface area contributed by atoms with Crippen LogP contribution in [0.1, 0.15) is 34.9 Å². The van der Waals surface area contributed by atoms with Gasteiger partial charge < -0.3 is 14.6 Å². The molecule has 2 aromatic carbocycles. The zero-order valence-corrected chi connectivity index (χ0v) is 15.2. The van der Waals surface area contributed by atoms with E-state index in [9.17, 15) is 9.90 Å². The summed E-state index contributed by atoms with van der Waals surface area (Å²) >= 11 is 0. The van der Waals surface area contributed by atoms with E-state index >= 15 is 0 Å². The van der Waals surface area contributed by atoms with Crippen molar-refractivity contribution in [2.45, 2.75) is 18.9 Å². The van der Waals surface area contributed by atoms with Gasteiger partial charge >= 0.3 is 0 Å². The Morgan fingerprint density at radius 1 is 0.889 bits per heavy atom. The number of carbonyl (C=O) groups is 1. The lowest BCUT2D eigenvalue weighted by Gasteiger charge is -2.34. The molecule has 4 heteroatoms. The standard InChI is InChI=1S/C23H24N2O2/c26-22(18-6-2-1-3-7-18)19-12-16-25(17-13-19)23(27)20-8-10-21(11-9-20)24-14-4-5-15-24/h1-11,14-15,19,22,26H,12-13,16-17H2/t22-/m1/s1. The highest BCUT2D eigenvalue weighted by Crippen LogP contribution is 2.31. The van der Waals surface area contributed by atoms with Gasteiger partial charge in [-0.15, -0.1) is 0 Å². The predicted octanol–water partition coefficient (Wildman–Crippen LogP) is 4.06. The number of hydrogen-bond donors (Lipinski definition) is 1. The normalized spacial score (nSPS) is 16.3. The number of rotatable bonds is 4. The average Bonchev–Trinajstić information content (AvgIpc) is 3.28. The van der Waals surface area contributed by atoms with Gasteiger partial charge in [-0.1, -0.05) is 30.3 Å². The van der Waals surface area contributed by atoms with Crippen LogP contribution in [0.25, 0.3) is 5.69 Å². The van der Waals surface area contributed by atoms with Crippen molar-refractivity contribution in [3.05, 3.63) is 90.3 Å². The molecule has 4 nitrogen and oxygen atoms in total. The maximum atomic E-state index is 12.8. The third-order valence-electron chi connectivity index (χ3n) is 5.43. The van der Waals surface area contributed by atoms with Gasteiger partial charge in [-0.25, -0.2) is 0 Å². The van der Waals surface area contributed by atoms with Crippen LogP contribution in [0.5, 0.6) is 0 Å². The van der Waals surface area contributed by atoms with Crippen molar-refractivity contribution in [2.75, 3.05) is 13.1 Å². The van der Waals surface area contributed by atoms with Crippen LogP contribution in [-0.4, -0.2) is 33.6 Å². The van der Waals surface area contributed by atoms with Gasteiger partial charge in [0.05, 0.1) is 6.10 Å². The minimum absolute atomic E-state index is 0.0710. The number of piperidine rings is 1. The summed E-state index contributed by atoms with van der Waals surface area (Å²) in [6, 6.07) is 21.5. The SMILES string of the molecule is O=C(c1ccc(-n2cccc2)cc1)N1CCC([C@H](O)c2ccccc2)CC1. The third kappa shape index (κ3) is 3.81. The van der Waals surface area contributed by atoms with Crippen molar-refractivity contribution in [2.24, 2.45) is 5.92 Å². The second-order valence-electron chi connectivity index (χ2n) is 7.12. The van der Waals surface area contributed by atoms with Crippen LogP contribution in [0, 0.1) is 5.92 Å². The quantitative estimate of drug-likeness (QED) is 0.762. The Morgan fingerprint density at radius 2 is 1.52 bits per heavy atom. The number of aromatic nitrogens is 1. The van der Waals surface area contributed by atoms with Crippen LogP contribution in [-0.2, 0) is 0 Å². The number of aliphatic hydroxyl groups is 1. The molecule has 3 aromatic rings. The highest BCUT2D eigenvalue weighted by Gasteiger charge is 2.28. The Bertz CT molecular complexity index is 865. The highest BCUT2D eigenvalue weighted by molar-refractivity contribution is 5.94. The van der Waals surface area contributed by atoms with Gasteiger partial charge in [-0.05, 0) is 60.7 Å². The van der Waals surface area contributed by atoms with E-state index in [0.29, 0.717) is 18.7 Å². The fourth-order valence-electron chi connectivity index (χ4n) is 3.81. The molecule has 1 aliphatic rings. The van der Waals surface area contributed by atoms with Crippen molar-refractivity contribution >= 4 is 5.91 Å². The van der Waals surface area contributed by atoms with Gasteiger partial charge in [-0.2, -0.15) is 0 Å². The maximum absolute atomic E-state index is 12.8. The Labute approximate surface area is 159 Å². The van der Waals surface area contributed by atoms with Crippen molar-refractivity contribution in [3.8, 4) is 5.69 Å². The van der Waals surface area contributed by atoms with Gasteiger partial charge in [0, 0.05) is 36.7 Å². The lowest BCUT2D eigenvalue weighted by molar-refractivity contribution is 0.0462. The molecule has 27 heavy (non-hydrogen) atoms. The molecule has 1 aromatic heterocycles. The highest BCUT2D eigenvalue weighted by atomic mass is 16.3. The Balaban J connectivity index is 1.37. The van der Waals surface area contributed by atoms with Crippen molar-refractivity contribution in [3.63, 3.8) is 0 Å². The summed E-state index contributed by atoms with van der Waals surface area (Å²) in [6.07, 6.45) is 5.16. The molecular formula is C23H24N2O2. The first-order valence-corrected chi connectivity index (χ1v) is 9.48. The van der Waals surface area contributed by atoms with E-state index in [1.165, 1.54) is 0 Å². The third-order valence-corrected chi connectivity index (χ3v) is 5.43. The second-order valence-corrected chi connectivity index (χ2v) is 7.12. The molecule has 0 saturated carbocycles. The number of carbonyl (C=O) groups excluding carboxylic acids is 1. The Morgan fingerprint density at radius 3 is 2.15 bits per heavy atom. The summed E-state index contributed by atoms with van der Waals surface area (Å²) in [4.78, 5) is 14.7. The topological polar surface area (TPSA) is 45.5 Å². The van der Waals surface area contributed by atoms with Crippen molar-refractivity contribution < 1.29 is 9.90 Å². The average molecular weight is 360 g/mol. The first kappa shape index (κ1) is 17.6. The van der Waals surface area contributed by atoms with Crippen molar-refractivity contribution in [1.82, 2.24) is 9.47 Å². The van der Waals surface area contributed by atoms with E-state index in [2.05, 4.69) is 0 Å². The number of likely N-dealkylation sites (tertiary alicyclic amines) is 1. The van der Waals surface area contributed by atoms with Crippen LogP contribution in [0.15, 0.2) is 79.1 Å². The van der Waals surface area contributed by atoms with Crippen LogP contribution in [0.2, 0.25) is 0 Å². The molecule has 1 amide bonds. The second kappa shape index (κ2) is 7.80. The number of benzene rings is 2. The molecule has 0 radical (unpaired) electrons. The van der Waals surface area contributed by atoms with Gasteiger partial charge in [-0.3, -0.25) is 4.79 Å². The lowest BCUT2D eigenvalue weighted by Crippen LogP contribution is -2.39. The molecule has 1 atom stereocenters. The molecule has 0 spiro atoms. The first-order chi connectivity index (χ1) is 13.2. The molecule has 1 N–H and O–H groups in total. The summed E-state index contributed by atoms with van der Waals surface area (Å²) < 4.78 is 2.02. The van der Waals surface area contributed by atoms with E-state index < -0.39 is 6.10 Å². The fraction of sp³-hybridized carbons (Fsp3) is 0.261. The maximum Gasteiger partial charge on any atom is 0.253 e. The fourth-order valence-corrected chi connectivity index (χ4v) is 3.81. The Kier molecular flexibility index (Phi) is 5.07. The van der Waals surface area contributed by atoms with Crippen LogP contribution in [0.3, 0.4) is 0 Å². The summed E-state index contributed by atoms with van der Waals surface area (Å²) in [7, 11) is 0. The first-order valence-electron chi connectivity index (χ1n) is 9.48. The molecule has 0 aliphatic carbocycles. The largest absolute Gasteiger partial charge is 0.388 e. The minimum Gasteiger partial charge on any atom is -0.388 e. The molecule has 4 rings (SSSR count). The molecule has 0 bridgehead atoms. The lowest BCUT2D eigenvalue weighted by atomic mass is 9.87. The zero-order valence-electron chi connectivity index (χ0n) is 15.2. The van der Waals surface area contributed by atoms with E-state index in [4.69, 9.17) is 0 Å². The minimum atomic E-state index is -0.454. The summed E-state index contributed by atoms with van der Waals surface area (Å²) in [6.45, 7) is 1.37. The molecule has 1 aliphatic heterocycles. The van der Waals surface area contributed by atoms with Crippen LogP contribution >= 0.6 is 0 Å². The van der Waals surface area contributed by atoms with Gasteiger partial charge in [0.25, 0.3) is 5.91 Å². The summed E-state index contributed by atoms with van der Waals surface area (Å²) in [5.74, 6) is 0.272. The number of nitrogens with zero attached hydrogens (tertiary/aromatic N) is 2. The van der Waals surface area contributed by atoms with Gasteiger partial charge in [0.15, 0.2) is 0 Å². The number of amides is 1. The zero-order chi connectivity index (χ0) is 18.6. The van der Waals surface area contributed by atoms with Crippen LogP contribution in [0.4, 0.5) is 0 Å². The molecule has 138 valence electrons. The van der Waals surface area contributed by atoms with Crippen molar-refractivity contribution in [1.29, 1.82) is 0 Å². The predicted molar refractivity (Wildman–Crippen MR) is 106 cm³/mol. The number of aliphatic hydroxyl groups excluding tert-OH is 1. The molecular weight excluding hydrogens is 336 g/mol. The van der Waals surface area contributed by atoms with E-state index in [-0.39, 0.29) is 11.8 Å². The molecule has 2 heterocycles.